The molecular formula is C12H9N3. The molecule has 3 heteroatoms. The van der Waals surface area contributed by atoms with Gasteiger partial charge in [-0.25, -0.2) is 0 Å². The van der Waals surface area contributed by atoms with Gasteiger partial charge in [-0.2, -0.15) is 5.26 Å². The minimum absolute atomic E-state index is 0.484. The molecule has 15 heavy (non-hydrogen) atoms. The van der Waals surface area contributed by atoms with Crippen molar-refractivity contribution in [2.24, 2.45) is 0 Å². The van der Waals surface area contributed by atoms with Crippen LogP contribution >= 0.6 is 0 Å². The quantitative estimate of drug-likeness (QED) is 0.709. The summed E-state index contributed by atoms with van der Waals surface area (Å²) < 4.78 is 0. The van der Waals surface area contributed by atoms with Gasteiger partial charge in [-0.15, -0.1) is 0 Å². The van der Waals surface area contributed by atoms with Crippen molar-refractivity contribution < 1.29 is 0 Å². The first-order chi connectivity index (χ1) is 7.31. The van der Waals surface area contributed by atoms with Crippen LogP contribution in [0.5, 0.6) is 0 Å². The lowest BCUT2D eigenvalue weighted by Gasteiger charge is -2.02. The van der Waals surface area contributed by atoms with E-state index >= 15 is 0 Å². The zero-order chi connectivity index (χ0) is 10.7. The van der Waals surface area contributed by atoms with E-state index in [1.54, 1.807) is 18.3 Å². The highest BCUT2D eigenvalue weighted by atomic mass is 14.7. The Balaban J connectivity index is 2.52. The topological polar surface area (TPSA) is 62.7 Å². The third-order valence-electron chi connectivity index (χ3n) is 2.13. The number of aromatic nitrogens is 1. The fourth-order valence-electron chi connectivity index (χ4n) is 1.35. The Labute approximate surface area is 87.8 Å². The van der Waals surface area contributed by atoms with Gasteiger partial charge in [0.1, 0.15) is 6.07 Å². The van der Waals surface area contributed by atoms with Gasteiger partial charge >= 0.3 is 0 Å². The average molecular weight is 195 g/mol. The van der Waals surface area contributed by atoms with Gasteiger partial charge in [-0.3, -0.25) is 4.98 Å². The number of nitrogens with two attached hydrogens (primary N) is 1. The van der Waals surface area contributed by atoms with Crippen LogP contribution < -0.4 is 5.73 Å². The minimum Gasteiger partial charge on any atom is -0.398 e. The molecule has 0 bridgehead atoms. The van der Waals surface area contributed by atoms with Gasteiger partial charge in [0.2, 0.25) is 0 Å². The van der Waals surface area contributed by atoms with E-state index in [2.05, 4.69) is 11.1 Å². The Morgan fingerprint density at radius 1 is 1.20 bits per heavy atom. The summed E-state index contributed by atoms with van der Waals surface area (Å²) in [5, 5.41) is 8.84. The van der Waals surface area contributed by atoms with E-state index in [1.807, 2.05) is 24.3 Å². The third-order valence-corrected chi connectivity index (χ3v) is 2.13. The molecule has 0 atom stereocenters. The first kappa shape index (κ1) is 9.22. The number of nitrogens with zero attached hydrogens (tertiary/aromatic N) is 2. The number of pyridine rings is 1. The second-order valence-corrected chi connectivity index (χ2v) is 3.13. The van der Waals surface area contributed by atoms with E-state index in [0.717, 1.165) is 11.3 Å². The van der Waals surface area contributed by atoms with E-state index in [1.165, 1.54) is 0 Å². The molecule has 1 heterocycles. The van der Waals surface area contributed by atoms with Crippen LogP contribution in [-0.2, 0) is 0 Å². The Bertz CT molecular complexity index is 512. The SMILES string of the molecule is N#Cc1cc(-c2ccccn2)ccc1N. The van der Waals surface area contributed by atoms with Gasteiger partial charge in [-0.1, -0.05) is 12.1 Å². The molecule has 72 valence electrons. The second kappa shape index (κ2) is 3.81. The highest BCUT2D eigenvalue weighted by Gasteiger charge is 2.02. The predicted octanol–water partition coefficient (Wildman–Crippen LogP) is 2.20. The summed E-state index contributed by atoms with van der Waals surface area (Å²) in [6.45, 7) is 0. The van der Waals surface area contributed by atoms with Crippen LogP contribution in [0.1, 0.15) is 5.56 Å². The van der Waals surface area contributed by atoms with Crippen molar-refractivity contribution in [2.45, 2.75) is 0 Å². The lowest BCUT2D eigenvalue weighted by atomic mass is 10.1. The summed E-state index contributed by atoms with van der Waals surface area (Å²) in [5.41, 5.74) is 8.36. The van der Waals surface area contributed by atoms with Gasteiger partial charge in [0, 0.05) is 17.4 Å². The Kier molecular flexibility index (Phi) is 2.34. The molecule has 2 N–H and O–H groups in total. The van der Waals surface area contributed by atoms with Gasteiger partial charge in [-0.05, 0) is 24.3 Å². The highest BCUT2D eigenvalue weighted by Crippen LogP contribution is 2.21. The van der Waals surface area contributed by atoms with E-state index in [-0.39, 0.29) is 0 Å². The summed E-state index contributed by atoms with van der Waals surface area (Å²) in [4.78, 5) is 4.20. The monoisotopic (exact) mass is 195 g/mol. The van der Waals surface area contributed by atoms with Crippen molar-refractivity contribution >= 4 is 5.69 Å². The lowest BCUT2D eigenvalue weighted by molar-refractivity contribution is 1.32. The van der Waals surface area contributed by atoms with Gasteiger partial charge in [0.05, 0.1) is 11.3 Å². The van der Waals surface area contributed by atoms with Crippen molar-refractivity contribution in [1.29, 1.82) is 5.26 Å². The summed E-state index contributed by atoms with van der Waals surface area (Å²) in [6.07, 6.45) is 1.72. The summed E-state index contributed by atoms with van der Waals surface area (Å²) in [6, 6.07) is 13.0. The molecule has 2 aromatic rings. The molecule has 0 aliphatic heterocycles. The number of hydrogen-bond acceptors (Lipinski definition) is 3. The maximum atomic E-state index is 8.84. The van der Waals surface area contributed by atoms with Crippen LogP contribution in [0.15, 0.2) is 42.6 Å². The normalized spacial score (nSPS) is 9.53. The molecular weight excluding hydrogens is 186 g/mol. The van der Waals surface area contributed by atoms with E-state index < -0.39 is 0 Å². The Hall–Kier alpha value is -2.34. The zero-order valence-electron chi connectivity index (χ0n) is 8.01. The molecule has 0 spiro atoms. The van der Waals surface area contributed by atoms with Crippen LogP contribution in [0.2, 0.25) is 0 Å². The first-order valence-electron chi connectivity index (χ1n) is 4.52. The van der Waals surface area contributed by atoms with Gasteiger partial charge in [0.25, 0.3) is 0 Å². The lowest BCUT2D eigenvalue weighted by Crippen LogP contribution is -1.91. The van der Waals surface area contributed by atoms with Crippen molar-refractivity contribution in [3.05, 3.63) is 48.2 Å². The van der Waals surface area contributed by atoms with Gasteiger partial charge in [0.15, 0.2) is 0 Å². The molecule has 0 aliphatic rings. The molecule has 0 radical (unpaired) electrons. The van der Waals surface area contributed by atoms with Crippen molar-refractivity contribution in [2.75, 3.05) is 5.73 Å². The number of hydrogen-bond donors (Lipinski definition) is 1. The fourth-order valence-corrected chi connectivity index (χ4v) is 1.35. The zero-order valence-corrected chi connectivity index (χ0v) is 8.01. The fraction of sp³-hybridized carbons (Fsp3) is 0. The minimum atomic E-state index is 0.484. The van der Waals surface area contributed by atoms with Crippen LogP contribution in [0.4, 0.5) is 5.69 Å². The molecule has 0 saturated carbocycles. The van der Waals surface area contributed by atoms with Gasteiger partial charge < -0.3 is 5.73 Å². The predicted molar refractivity (Wildman–Crippen MR) is 58.8 cm³/mol. The van der Waals surface area contributed by atoms with Crippen LogP contribution in [0, 0.1) is 11.3 Å². The van der Waals surface area contributed by atoms with Crippen molar-refractivity contribution in [3.8, 4) is 17.3 Å². The summed E-state index contributed by atoms with van der Waals surface area (Å²) in [7, 11) is 0. The highest BCUT2D eigenvalue weighted by molar-refractivity contribution is 5.67. The maximum absolute atomic E-state index is 8.84. The number of anilines is 1. The molecule has 0 saturated heterocycles. The molecule has 0 aliphatic carbocycles. The molecule has 2 rings (SSSR count). The summed E-state index contributed by atoms with van der Waals surface area (Å²) >= 11 is 0. The molecule has 1 aromatic heterocycles. The maximum Gasteiger partial charge on any atom is 0.101 e. The van der Waals surface area contributed by atoms with E-state index in [4.69, 9.17) is 11.0 Å². The number of benzene rings is 1. The number of nitriles is 1. The molecule has 1 aromatic carbocycles. The largest absolute Gasteiger partial charge is 0.398 e. The standard InChI is InChI=1S/C12H9N3/c13-8-10-7-9(4-5-11(10)14)12-3-1-2-6-15-12/h1-7H,14H2. The van der Waals surface area contributed by atoms with Crippen LogP contribution in [-0.4, -0.2) is 4.98 Å². The van der Waals surface area contributed by atoms with Crippen LogP contribution in [0.25, 0.3) is 11.3 Å². The smallest absolute Gasteiger partial charge is 0.101 e. The van der Waals surface area contributed by atoms with Crippen molar-refractivity contribution in [3.63, 3.8) is 0 Å². The second-order valence-electron chi connectivity index (χ2n) is 3.13. The third kappa shape index (κ3) is 1.79. The Morgan fingerprint density at radius 2 is 2.07 bits per heavy atom. The van der Waals surface area contributed by atoms with E-state index in [0.29, 0.717) is 11.3 Å². The molecule has 0 unspecified atom stereocenters. The van der Waals surface area contributed by atoms with Crippen LogP contribution in [0.3, 0.4) is 0 Å². The molecule has 3 nitrogen and oxygen atoms in total. The number of nitrogen functional groups attached to an aromatic ring is 1. The average Bonchev–Trinajstić information content (AvgIpc) is 2.31. The van der Waals surface area contributed by atoms with E-state index in [9.17, 15) is 0 Å². The Morgan fingerprint density at radius 3 is 2.73 bits per heavy atom. The van der Waals surface area contributed by atoms with Crippen molar-refractivity contribution in [1.82, 2.24) is 4.98 Å². The number of rotatable bonds is 1. The first-order valence-corrected chi connectivity index (χ1v) is 4.52. The summed E-state index contributed by atoms with van der Waals surface area (Å²) in [5.74, 6) is 0. The molecule has 0 fully saturated rings. The molecule has 0 amide bonds.